The Morgan fingerprint density at radius 3 is 2.71 bits per heavy atom. The molecule has 1 fully saturated rings. The number of amides is 1. The second-order valence-corrected chi connectivity index (χ2v) is 5.73. The van der Waals surface area contributed by atoms with E-state index >= 15 is 0 Å². The maximum Gasteiger partial charge on any atom is 0.407 e. The van der Waals surface area contributed by atoms with Crippen molar-refractivity contribution in [1.82, 2.24) is 5.32 Å². The molecule has 5 nitrogen and oxygen atoms in total. The molecular weight excluding hydrogens is 270 g/mol. The summed E-state index contributed by atoms with van der Waals surface area (Å²) < 4.78 is 5.16. The highest BCUT2D eigenvalue weighted by atomic mass is 16.5. The van der Waals surface area contributed by atoms with E-state index < -0.39 is 17.5 Å². The monoisotopic (exact) mass is 291 g/mol. The second kappa shape index (κ2) is 6.61. The molecule has 0 aromatic heterocycles. The maximum absolute atomic E-state index is 11.9. The Morgan fingerprint density at radius 2 is 2.05 bits per heavy atom. The van der Waals surface area contributed by atoms with Crippen molar-refractivity contribution in [3.63, 3.8) is 0 Å². The number of nitrogens with one attached hydrogen (secondary N) is 1. The number of carbonyl (C=O) groups excluding carboxylic acids is 1. The van der Waals surface area contributed by atoms with Crippen molar-refractivity contribution in [2.24, 2.45) is 5.41 Å². The van der Waals surface area contributed by atoms with Crippen LogP contribution in [0.25, 0.3) is 0 Å². The average Bonchev–Trinajstić information content (AvgIpc) is 2.48. The van der Waals surface area contributed by atoms with E-state index in [0.717, 1.165) is 18.4 Å². The van der Waals surface area contributed by atoms with Crippen LogP contribution >= 0.6 is 0 Å². The third-order valence-electron chi connectivity index (χ3n) is 4.20. The van der Waals surface area contributed by atoms with Crippen LogP contribution in [0.2, 0.25) is 0 Å². The Kier molecular flexibility index (Phi) is 4.83. The number of carbonyl (C=O) groups is 2. The molecule has 0 aliphatic heterocycles. The van der Waals surface area contributed by atoms with Gasteiger partial charge in [-0.1, -0.05) is 43.2 Å². The van der Waals surface area contributed by atoms with E-state index in [1.54, 1.807) is 6.92 Å². The second-order valence-electron chi connectivity index (χ2n) is 5.73. The van der Waals surface area contributed by atoms with Crippen molar-refractivity contribution in [3.8, 4) is 0 Å². The van der Waals surface area contributed by atoms with E-state index in [2.05, 4.69) is 5.32 Å². The van der Waals surface area contributed by atoms with E-state index in [0.29, 0.717) is 12.8 Å². The fourth-order valence-electron chi connectivity index (χ4n) is 2.73. The van der Waals surface area contributed by atoms with Gasteiger partial charge in [-0.15, -0.1) is 0 Å². The van der Waals surface area contributed by atoms with Gasteiger partial charge in [0.25, 0.3) is 0 Å². The van der Waals surface area contributed by atoms with Gasteiger partial charge in [0.1, 0.15) is 6.61 Å². The van der Waals surface area contributed by atoms with Crippen molar-refractivity contribution in [2.75, 3.05) is 0 Å². The summed E-state index contributed by atoms with van der Waals surface area (Å²) in [6.45, 7) is 1.87. The molecule has 2 rings (SSSR count). The Balaban J connectivity index is 1.90. The molecule has 0 radical (unpaired) electrons. The van der Waals surface area contributed by atoms with E-state index in [9.17, 15) is 14.7 Å². The average molecular weight is 291 g/mol. The lowest BCUT2D eigenvalue weighted by atomic mass is 9.72. The molecule has 1 saturated carbocycles. The van der Waals surface area contributed by atoms with Crippen LogP contribution in [0.3, 0.4) is 0 Å². The molecule has 0 bridgehead atoms. The zero-order valence-electron chi connectivity index (χ0n) is 12.2. The van der Waals surface area contributed by atoms with Gasteiger partial charge in [-0.3, -0.25) is 4.79 Å². The van der Waals surface area contributed by atoms with Crippen LogP contribution in [0, 0.1) is 5.41 Å². The lowest BCUT2D eigenvalue weighted by molar-refractivity contribution is -0.151. The first kappa shape index (κ1) is 15.4. The number of hydrogen-bond donors (Lipinski definition) is 2. The minimum Gasteiger partial charge on any atom is -0.481 e. The van der Waals surface area contributed by atoms with Gasteiger partial charge in [0.2, 0.25) is 0 Å². The lowest BCUT2D eigenvalue weighted by Crippen LogP contribution is -2.52. The van der Waals surface area contributed by atoms with Crippen molar-refractivity contribution >= 4 is 12.1 Å². The molecule has 0 heterocycles. The first-order valence-corrected chi connectivity index (χ1v) is 7.23. The largest absolute Gasteiger partial charge is 0.481 e. The smallest absolute Gasteiger partial charge is 0.407 e. The Bertz CT molecular complexity index is 502. The topological polar surface area (TPSA) is 75.6 Å². The van der Waals surface area contributed by atoms with Gasteiger partial charge in [0.15, 0.2) is 0 Å². The van der Waals surface area contributed by atoms with Crippen LogP contribution in [0.1, 0.15) is 38.2 Å². The summed E-state index contributed by atoms with van der Waals surface area (Å²) in [5.41, 5.74) is -0.0124. The van der Waals surface area contributed by atoms with Crippen LogP contribution in [0.4, 0.5) is 4.79 Å². The first-order valence-electron chi connectivity index (χ1n) is 7.23. The van der Waals surface area contributed by atoms with E-state index in [1.807, 2.05) is 30.3 Å². The number of carboxylic acid groups (broad SMARTS) is 1. The third-order valence-corrected chi connectivity index (χ3v) is 4.20. The summed E-state index contributed by atoms with van der Waals surface area (Å²) in [5, 5.41) is 12.1. The number of benzene rings is 1. The zero-order chi connectivity index (χ0) is 15.3. The fraction of sp³-hybridized carbons (Fsp3) is 0.500. The fourth-order valence-corrected chi connectivity index (χ4v) is 2.73. The minimum absolute atomic E-state index is 0.184. The quantitative estimate of drug-likeness (QED) is 0.894. The van der Waals surface area contributed by atoms with Gasteiger partial charge >= 0.3 is 12.1 Å². The van der Waals surface area contributed by atoms with Gasteiger partial charge in [-0.2, -0.15) is 0 Å². The third kappa shape index (κ3) is 3.74. The Labute approximate surface area is 124 Å². The highest BCUT2D eigenvalue weighted by Crippen LogP contribution is 2.36. The molecule has 0 saturated heterocycles. The summed E-state index contributed by atoms with van der Waals surface area (Å²) in [6, 6.07) is 9.00. The number of alkyl carbamates (subject to hydrolysis) is 1. The molecule has 0 spiro atoms. The molecule has 2 N–H and O–H groups in total. The molecule has 114 valence electrons. The summed E-state index contributed by atoms with van der Waals surface area (Å²) >= 11 is 0. The van der Waals surface area contributed by atoms with Crippen LogP contribution in [0.5, 0.6) is 0 Å². The molecule has 5 heteroatoms. The van der Waals surface area contributed by atoms with Gasteiger partial charge in [-0.25, -0.2) is 4.79 Å². The summed E-state index contributed by atoms with van der Waals surface area (Å²) in [5.74, 6) is -0.865. The molecule has 1 aromatic rings. The van der Waals surface area contributed by atoms with Gasteiger partial charge in [0, 0.05) is 6.04 Å². The molecule has 21 heavy (non-hydrogen) atoms. The molecule has 1 aromatic carbocycles. The van der Waals surface area contributed by atoms with Crippen LogP contribution in [-0.2, 0) is 16.1 Å². The SMILES string of the molecule is CC1(C(=O)O)CCCCC1NC(=O)OCc1ccccc1. The number of carboxylic acids is 1. The number of hydrogen-bond acceptors (Lipinski definition) is 3. The number of rotatable bonds is 4. The van der Waals surface area contributed by atoms with Crippen LogP contribution in [0.15, 0.2) is 30.3 Å². The van der Waals surface area contributed by atoms with E-state index in [1.165, 1.54) is 0 Å². The first-order chi connectivity index (χ1) is 10.0. The summed E-state index contributed by atoms with van der Waals surface area (Å²) in [6.07, 6.45) is 2.49. The van der Waals surface area contributed by atoms with E-state index in [4.69, 9.17) is 4.74 Å². The van der Waals surface area contributed by atoms with Gasteiger partial charge < -0.3 is 15.2 Å². The molecule has 1 aliphatic carbocycles. The highest BCUT2D eigenvalue weighted by Gasteiger charge is 2.44. The van der Waals surface area contributed by atoms with Gasteiger partial charge in [-0.05, 0) is 25.3 Å². The van der Waals surface area contributed by atoms with Crippen LogP contribution < -0.4 is 5.32 Å². The van der Waals surface area contributed by atoms with Crippen LogP contribution in [-0.4, -0.2) is 23.2 Å². The molecular formula is C16H21NO4. The summed E-state index contributed by atoms with van der Waals surface area (Å²) in [4.78, 5) is 23.3. The maximum atomic E-state index is 11.9. The molecule has 1 aliphatic rings. The van der Waals surface area contributed by atoms with Crippen molar-refractivity contribution in [1.29, 1.82) is 0 Å². The standard InChI is InChI=1S/C16H21NO4/c1-16(14(18)19)10-6-5-9-13(16)17-15(20)21-11-12-7-3-2-4-8-12/h2-4,7-8,13H,5-6,9-11H2,1H3,(H,17,20)(H,18,19). The predicted octanol–water partition coefficient (Wildman–Crippen LogP) is 2.95. The summed E-state index contributed by atoms with van der Waals surface area (Å²) in [7, 11) is 0. The minimum atomic E-state index is -0.913. The van der Waals surface area contributed by atoms with Crippen molar-refractivity contribution in [2.45, 2.75) is 45.3 Å². The van der Waals surface area contributed by atoms with Crippen molar-refractivity contribution < 1.29 is 19.4 Å². The van der Waals surface area contributed by atoms with Gasteiger partial charge in [0.05, 0.1) is 5.41 Å². The molecule has 2 unspecified atom stereocenters. The zero-order valence-corrected chi connectivity index (χ0v) is 12.2. The normalized spacial score (nSPS) is 25.1. The molecule has 2 atom stereocenters. The number of aliphatic carboxylic acids is 1. The Morgan fingerprint density at radius 1 is 1.33 bits per heavy atom. The molecule has 1 amide bonds. The predicted molar refractivity (Wildman–Crippen MR) is 77.8 cm³/mol. The Hall–Kier alpha value is -2.04. The van der Waals surface area contributed by atoms with Crippen molar-refractivity contribution in [3.05, 3.63) is 35.9 Å². The number of ether oxygens (including phenoxy) is 1. The highest BCUT2D eigenvalue weighted by molar-refractivity contribution is 5.77. The van der Waals surface area contributed by atoms with E-state index in [-0.39, 0.29) is 12.6 Å². The lowest BCUT2D eigenvalue weighted by Gasteiger charge is -2.37.